The van der Waals surface area contributed by atoms with Gasteiger partial charge in [-0.2, -0.15) is 13.2 Å². The summed E-state index contributed by atoms with van der Waals surface area (Å²) in [6.07, 6.45) is -5.08. The highest BCUT2D eigenvalue weighted by atomic mass is 32.2. The highest BCUT2D eigenvalue weighted by Gasteiger charge is 2.38. The van der Waals surface area contributed by atoms with Crippen molar-refractivity contribution in [2.24, 2.45) is 0 Å². The average Bonchev–Trinajstić information content (AvgIpc) is 2.74. The Morgan fingerprint density at radius 3 is 2.09 bits per heavy atom. The minimum Gasteiger partial charge on any atom is -0.478 e. The molecule has 0 aliphatic heterocycles. The van der Waals surface area contributed by atoms with Gasteiger partial charge in [0.05, 0.1) is 21.8 Å². The van der Waals surface area contributed by atoms with E-state index in [2.05, 4.69) is 4.72 Å². The molecule has 194 valence electrons. The number of nitrogens with zero attached hydrogens (tertiary/aromatic N) is 2. The SMILES string of the molecule is CCN(CCN(C)C)c1ccc(C(=O)O)cc1NS(=O)(=O)c1cccc(C)c1.O=C(O)C(F)(F)F. The fourth-order valence-corrected chi connectivity index (χ4v) is 3.95. The third-order valence-electron chi connectivity index (χ3n) is 4.57. The zero-order valence-corrected chi connectivity index (χ0v) is 20.4. The van der Waals surface area contributed by atoms with E-state index in [-0.39, 0.29) is 16.1 Å². The molecule has 0 heterocycles. The molecule has 0 radical (unpaired) electrons. The lowest BCUT2D eigenvalue weighted by molar-refractivity contribution is -0.192. The van der Waals surface area contributed by atoms with Crippen molar-refractivity contribution in [2.45, 2.75) is 24.9 Å². The summed E-state index contributed by atoms with van der Waals surface area (Å²) >= 11 is 0. The van der Waals surface area contributed by atoms with Gasteiger partial charge >= 0.3 is 18.1 Å². The number of alkyl halides is 3. The Morgan fingerprint density at radius 2 is 1.63 bits per heavy atom. The zero-order chi connectivity index (χ0) is 27.0. The highest BCUT2D eigenvalue weighted by Crippen LogP contribution is 2.30. The van der Waals surface area contributed by atoms with Crippen LogP contribution in [0.1, 0.15) is 22.8 Å². The molecule has 0 saturated heterocycles. The molecule has 9 nitrogen and oxygen atoms in total. The molecule has 2 rings (SSSR count). The summed E-state index contributed by atoms with van der Waals surface area (Å²) in [4.78, 5) is 24.5. The summed E-state index contributed by atoms with van der Waals surface area (Å²) in [6.45, 7) is 5.89. The van der Waals surface area contributed by atoms with Gasteiger partial charge in [0.25, 0.3) is 10.0 Å². The van der Waals surface area contributed by atoms with E-state index >= 15 is 0 Å². The van der Waals surface area contributed by atoms with Crippen LogP contribution in [0, 0.1) is 6.92 Å². The van der Waals surface area contributed by atoms with Crippen LogP contribution in [-0.4, -0.2) is 75.4 Å². The van der Waals surface area contributed by atoms with E-state index in [1.807, 2.05) is 43.8 Å². The van der Waals surface area contributed by atoms with Gasteiger partial charge < -0.3 is 20.0 Å². The zero-order valence-electron chi connectivity index (χ0n) is 19.6. The van der Waals surface area contributed by atoms with Gasteiger partial charge in [-0.05, 0) is 63.8 Å². The predicted molar refractivity (Wildman–Crippen MR) is 126 cm³/mol. The Kier molecular flexibility index (Phi) is 10.5. The van der Waals surface area contributed by atoms with Crippen molar-refractivity contribution in [3.05, 3.63) is 53.6 Å². The Balaban J connectivity index is 0.000000762. The minimum atomic E-state index is -5.08. The first-order valence-corrected chi connectivity index (χ1v) is 11.7. The van der Waals surface area contributed by atoms with Crippen molar-refractivity contribution in [3.63, 3.8) is 0 Å². The van der Waals surface area contributed by atoms with Crippen molar-refractivity contribution in [1.82, 2.24) is 4.90 Å². The molecule has 3 N–H and O–H groups in total. The Morgan fingerprint density at radius 1 is 1.03 bits per heavy atom. The number of aromatic carboxylic acids is 1. The van der Waals surface area contributed by atoms with E-state index in [1.54, 1.807) is 18.2 Å². The smallest absolute Gasteiger partial charge is 0.478 e. The number of likely N-dealkylation sites (N-methyl/N-ethyl adjacent to an activating group) is 2. The van der Waals surface area contributed by atoms with Crippen molar-refractivity contribution in [2.75, 3.05) is 43.4 Å². The monoisotopic (exact) mass is 519 g/mol. The number of carboxylic acids is 2. The maximum Gasteiger partial charge on any atom is 0.490 e. The van der Waals surface area contributed by atoms with Crippen LogP contribution in [0.25, 0.3) is 0 Å². The van der Waals surface area contributed by atoms with E-state index in [0.717, 1.165) is 12.1 Å². The number of benzene rings is 2. The Hall–Kier alpha value is -3.32. The number of aryl methyl sites for hydroxylation is 1. The molecule has 13 heteroatoms. The second-order valence-electron chi connectivity index (χ2n) is 7.64. The maximum absolute atomic E-state index is 12.9. The second-order valence-corrected chi connectivity index (χ2v) is 9.33. The molecule has 0 unspecified atom stereocenters. The molecule has 0 atom stereocenters. The van der Waals surface area contributed by atoms with E-state index in [9.17, 15) is 31.5 Å². The van der Waals surface area contributed by atoms with Crippen LogP contribution < -0.4 is 9.62 Å². The van der Waals surface area contributed by atoms with E-state index in [0.29, 0.717) is 18.8 Å². The number of anilines is 2. The fraction of sp³-hybridized carbons (Fsp3) is 0.364. The molecule has 0 aliphatic carbocycles. The molecule has 2 aromatic rings. The lowest BCUT2D eigenvalue weighted by Gasteiger charge is -2.27. The molecular weight excluding hydrogens is 491 g/mol. The quantitative estimate of drug-likeness (QED) is 0.459. The van der Waals surface area contributed by atoms with Crippen LogP contribution in [0.2, 0.25) is 0 Å². The van der Waals surface area contributed by atoms with Gasteiger partial charge in [-0.3, -0.25) is 4.72 Å². The number of nitrogens with one attached hydrogen (secondary N) is 1. The first kappa shape index (κ1) is 29.7. The third-order valence-corrected chi connectivity index (χ3v) is 5.93. The first-order chi connectivity index (χ1) is 16.1. The first-order valence-electron chi connectivity index (χ1n) is 10.2. The van der Waals surface area contributed by atoms with Gasteiger partial charge in [0.2, 0.25) is 0 Å². The summed E-state index contributed by atoms with van der Waals surface area (Å²) in [5.41, 5.74) is 1.74. The number of hydrogen-bond donors (Lipinski definition) is 3. The number of carboxylic acid groups (broad SMARTS) is 2. The lowest BCUT2D eigenvalue weighted by Crippen LogP contribution is -2.32. The van der Waals surface area contributed by atoms with Gasteiger partial charge in [0.1, 0.15) is 0 Å². The summed E-state index contributed by atoms with van der Waals surface area (Å²) < 4.78 is 60.1. The molecule has 35 heavy (non-hydrogen) atoms. The van der Waals surface area contributed by atoms with Crippen LogP contribution >= 0.6 is 0 Å². The van der Waals surface area contributed by atoms with Crippen molar-refractivity contribution in [1.29, 1.82) is 0 Å². The molecule has 0 aliphatic rings. The highest BCUT2D eigenvalue weighted by molar-refractivity contribution is 7.92. The summed E-state index contributed by atoms with van der Waals surface area (Å²) in [5, 5.41) is 16.5. The van der Waals surface area contributed by atoms with Gasteiger partial charge in [0.15, 0.2) is 0 Å². The normalized spacial score (nSPS) is 11.4. The number of sulfonamides is 1. The van der Waals surface area contributed by atoms with Crippen LogP contribution in [0.4, 0.5) is 24.5 Å². The number of halogens is 3. The van der Waals surface area contributed by atoms with Gasteiger partial charge in [0, 0.05) is 19.6 Å². The van der Waals surface area contributed by atoms with Crippen LogP contribution in [0.5, 0.6) is 0 Å². The van der Waals surface area contributed by atoms with Gasteiger partial charge in [-0.25, -0.2) is 18.0 Å². The standard InChI is InChI=1S/C20H27N3O4S.C2HF3O2/c1-5-23(12-11-22(3)4)19-10-9-16(20(24)25)14-18(19)21-28(26,27)17-8-6-7-15(2)13-17;3-2(4,5)1(6)7/h6-10,13-14,21H,5,11-12H2,1-4H3,(H,24,25);(H,6,7). The topological polar surface area (TPSA) is 127 Å². The van der Waals surface area contributed by atoms with Gasteiger partial charge in [-0.1, -0.05) is 12.1 Å². The van der Waals surface area contributed by atoms with Crippen molar-refractivity contribution >= 4 is 33.3 Å². The molecule has 0 amide bonds. The van der Waals surface area contributed by atoms with Gasteiger partial charge in [-0.15, -0.1) is 0 Å². The van der Waals surface area contributed by atoms with Crippen LogP contribution in [-0.2, 0) is 14.8 Å². The minimum absolute atomic E-state index is 0.0226. The maximum atomic E-state index is 12.9. The molecule has 0 spiro atoms. The Bertz CT molecular complexity index is 1140. The Labute approximate surface area is 201 Å². The van der Waals surface area contributed by atoms with Crippen LogP contribution in [0.15, 0.2) is 47.4 Å². The van der Waals surface area contributed by atoms with E-state index in [4.69, 9.17) is 9.90 Å². The fourth-order valence-electron chi connectivity index (χ4n) is 2.78. The molecule has 0 bridgehead atoms. The summed E-state index contributed by atoms with van der Waals surface area (Å²) in [5.74, 6) is -3.87. The molecule has 0 saturated carbocycles. The second kappa shape index (κ2) is 12.4. The number of rotatable bonds is 9. The number of aliphatic carboxylic acids is 1. The summed E-state index contributed by atoms with van der Waals surface area (Å²) in [7, 11) is 0.0682. The predicted octanol–water partition coefficient (Wildman–Crippen LogP) is 3.52. The molecule has 0 aromatic heterocycles. The average molecular weight is 520 g/mol. The number of carbonyl (C=O) groups is 2. The number of hydrogen-bond acceptors (Lipinski definition) is 6. The van der Waals surface area contributed by atoms with Crippen LogP contribution in [0.3, 0.4) is 0 Å². The third kappa shape index (κ3) is 9.45. The largest absolute Gasteiger partial charge is 0.490 e. The van der Waals surface area contributed by atoms with E-state index in [1.165, 1.54) is 18.2 Å². The molecule has 2 aromatic carbocycles. The van der Waals surface area contributed by atoms with Crippen molar-refractivity contribution < 1.29 is 41.4 Å². The molecule has 0 fully saturated rings. The summed E-state index contributed by atoms with van der Waals surface area (Å²) in [6, 6.07) is 11.1. The molecular formula is C22H28F3N3O6S. The lowest BCUT2D eigenvalue weighted by atomic mass is 10.1. The van der Waals surface area contributed by atoms with E-state index < -0.39 is 28.1 Å². The van der Waals surface area contributed by atoms with Crippen molar-refractivity contribution in [3.8, 4) is 0 Å².